The smallest absolute Gasteiger partial charge is 0.224 e. The zero-order valence-electron chi connectivity index (χ0n) is 10.00. The molecule has 2 heterocycles. The Hall–Kier alpha value is -2.41. The van der Waals surface area contributed by atoms with Gasteiger partial charge in [0.15, 0.2) is 16.2 Å². The third kappa shape index (κ3) is 2.04. The maximum absolute atomic E-state index is 5.81. The molecule has 0 radical (unpaired) electrons. The molecule has 0 aliphatic carbocycles. The first-order valence-electron chi connectivity index (χ1n) is 5.70. The van der Waals surface area contributed by atoms with Crippen LogP contribution in [0.2, 0.25) is 0 Å². The number of imidazole rings is 1. The standard InChI is InChI=1S/C12H12N6S/c13-9-8-10(17-11(14)16-9)18(12(19)15-8)6-7-4-2-1-3-5-7/h1-5H,6H2,(H,15,19)(H4,13,14,16,17). The Morgan fingerprint density at radius 2 is 1.89 bits per heavy atom. The Morgan fingerprint density at radius 3 is 2.63 bits per heavy atom. The summed E-state index contributed by atoms with van der Waals surface area (Å²) in [6.07, 6.45) is 0. The predicted octanol–water partition coefficient (Wildman–Crippen LogP) is 1.70. The van der Waals surface area contributed by atoms with Crippen molar-refractivity contribution in [3.05, 3.63) is 40.7 Å². The lowest BCUT2D eigenvalue weighted by molar-refractivity contribution is 0.800. The van der Waals surface area contributed by atoms with Crippen molar-refractivity contribution in [3.63, 3.8) is 0 Å². The highest BCUT2D eigenvalue weighted by atomic mass is 32.1. The molecule has 0 spiro atoms. The third-order valence-corrected chi connectivity index (χ3v) is 3.17. The Balaban J connectivity index is 2.18. The van der Waals surface area contributed by atoms with Gasteiger partial charge in [0.25, 0.3) is 0 Å². The molecule has 0 aliphatic rings. The van der Waals surface area contributed by atoms with Crippen LogP contribution in [0.5, 0.6) is 0 Å². The fourth-order valence-corrected chi connectivity index (χ4v) is 2.23. The number of nitrogens with two attached hydrogens (primary N) is 2. The number of nitrogen functional groups attached to an aromatic ring is 2. The first-order chi connectivity index (χ1) is 9.15. The van der Waals surface area contributed by atoms with E-state index in [0.717, 1.165) is 5.56 Å². The molecule has 96 valence electrons. The highest BCUT2D eigenvalue weighted by Crippen LogP contribution is 2.19. The molecule has 0 bridgehead atoms. The van der Waals surface area contributed by atoms with E-state index in [9.17, 15) is 0 Å². The van der Waals surface area contributed by atoms with Crippen molar-refractivity contribution in [2.45, 2.75) is 6.54 Å². The maximum Gasteiger partial charge on any atom is 0.224 e. The van der Waals surface area contributed by atoms with E-state index in [0.29, 0.717) is 28.3 Å². The summed E-state index contributed by atoms with van der Waals surface area (Å²) in [6, 6.07) is 9.97. The van der Waals surface area contributed by atoms with Crippen LogP contribution in [0.25, 0.3) is 11.2 Å². The van der Waals surface area contributed by atoms with Crippen molar-refractivity contribution < 1.29 is 0 Å². The average Bonchev–Trinajstić information content (AvgIpc) is 2.69. The molecule has 19 heavy (non-hydrogen) atoms. The summed E-state index contributed by atoms with van der Waals surface area (Å²) in [7, 11) is 0. The quantitative estimate of drug-likeness (QED) is 0.617. The van der Waals surface area contributed by atoms with Gasteiger partial charge in [-0.05, 0) is 17.8 Å². The third-order valence-electron chi connectivity index (χ3n) is 2.85. The summed E-state index contributed by atoms with van der Waals surface area (Å²) >= 11 is 5.30. The topological polar surface area (TPSA) is 98.5 Å². The minimum absolute atomic E-state index is 0.140. The molecule has 5 N–H and O–H groups in total. The SMILES string of the molecule is Nc1nc(N)c2[nH]c(=S)n(Cc3ccccc3)c2n1. The van der Waals surface area contributed by atoms with Crippen molar-refractivity contribution in [2.24, 2.45) is 0 Å². The van der Waals surface area contributed by atoms with Crippen molar-refractivity contribution in [3.8, 4) is 0 Å². The van der Waals surface area contributed by atoms with Crippen molar-refractivity contribution >= 4 is 35.1 Å². The fourth-order valence-electron chi connectivity index (χ4n) is 1.98. The maximum atomic E-state index is 5.81. The van der Waals surface area contributed by atoms with Crippen LogP contribution >= 0.6 is 12.2 Å². The number of nitrogens with one attached hydrogen (secondary N) is 1. The summed E-state index contributed by atoms with van der Waals surface area (Å²) in [5, 5.41) is 0. The second-order valence-corrected chi connectivity index (χ2v) is 4.55. The van der Waals surface area contributed by atoms with Gasteiger partial charge in [0.2, 0.25) is 5.95 Å². The van der Waals surface area contributed by atoms with Crippen molar-refractivity contribution in [1.82, 2.24) is 19.5 Å². The number of aromatic amines is 1. The normalized spacial score (nSPS) is 10.9. The van der Waals surface area contributed by atoms with E-state index in [1.807, 2.05) is 34.9 Å². The monoisotopic (exact) mass is 272 g/mol. The second-order valence-electron chi connectivity index (χ2n) is 4.17. The van der Waals surface area contributed by atoms with Crippen LogP contribution in [0.1, 0.15) is 5.56 Å². The van der Waals surface area contributed by atoms with E-state index in [1.165, 1.54) is 0 Å². The molecule has 6 nitrogen and oxygen atoms in total. The first kappa shape index (κ1) is 11.7. The van der Waals surface area contributed by atoms with Gasteiger partial charge < -0.3 is 16.5 Å². The molecule has 0 saturated carbocycles. The van der Waals surface area contributed by atoms with Crippen LogP contribution in [0, 0.1) is 4.77 Å². The van der Waals surface area contributed by atoms with Gasteiger partial charge in [0.1, 0.15) is 5.52 Å². The number of H-pyrrole nitrogens is 1. The van der Waals surface area contributed by atoms with E-state index in [-0.39, 0.29) is 5.95 Å². The summed E-state index contributed by atoms with van der Waals surface area (Å²) in [5.74, 6) is 0.446. The number of hydrogen-bond acceptors (Lipinski definition) is 5. The molecule has 2 aromatic heterocycles. The molecule has 0 atom stereocenters. The number of nitrogens with zero attached hydrogens (tertiary/aromatic N) is 3. The molecule has 0 amide bonds. The Labute approximate surface area is 114 Å². The van der Waals surface area contributed by atoms with E-state index in [2.05, 4.69) is 15.0 Å². The highest BCUT2D eigenvalue weighted by molar-refractivity contribution is 7.71. The minimum atomic E-state index is 0.140. The van der Waals surface area contributed by atoms with Gasteiger partial charge in [-0.15, -0.1) is 0 Å². The zero-order valence-corrected chi connectivity index (χ0v) is 10.8. The Kier molecular flexibility index (Phi) is 2.68. The van der Waals surface area contributed by atoms with Crippen LogP contribution in [-0.2, 0) is 6.54 Å². The van der Waals surface area contributed by atoms with Gasteiger partial charge in [-0.1, -0.05) is 30.3 Å². The predicted molar refractivity (Wildman–Crippen MR) is 77.1 cm³/mol. The van der Waals surface area contributed by atoms with Crippen LogP contribution in [0.4, 0.5) is 11.8 Å². The zero-order chi connectivity index (χ0) is 13.4. The molecule has 3 aromatic rings. The number of anilines is 2. The lowest BCUT2D eigenvalue weighted by Gasteiger charge is -2.04. The average molecular weight is 272 g/mol. The van der Waals surface area contributed by atoms with Crippen LogP contribution in [-0.4, -0.2) is 19.5 Å². The fraction of sp³-hybridized carbons (Fsp3) is 0.0833. The largest absolute Gasteiger partial charge is 0.382 e. The molecular formula is C12H12N6S. The Bertz CT molecular complexity index is 789. The number of fused-ring (bicyclic) bond motifs is 1. The van der Waals surface area contributed by atoms with E-state index in [4.69, 9.17) is 23.7 Å². The van der Waals surface area contributed by atoms with E-state index in [1.54, 1.807) is 0 Å². The highest BCUT2D eigenvalue weighted by Gasteiger charge is 2.11. The van der Waals surface area contributed by atoms with Crippen molar-refractivity contribution in [1.29, 1.82) is 0 Å². The minimum Gasteiger partial charge on any atom is -0.382 e. The van der Waals surface area contributed by atoms with E-state index >= 15 is 0 Å². The number of aromatic nitrogens is 4. The summed E-state index contributed by atoms with van der Waals surface area (Å²) in [4.78, 5) is 11.1. The number of benzene rings is 1. The van der Waals surface area contributed by atoms with Gasteiger partial charge in [0, 0.05) is 0 Å². The van der Waals surface area contributed by atoms with Gasteiger partial charge in [-0.2, -0.15) is 9.97 Å². The second kappa shape index (κ2) is 4.36. The van der Waals surface area contributed by atoms with Crippen LogP contribution < -0.4 is 11.5 Å². The van der Waals surface area contributed by atoms with Crippen molar-refractivity contribution in [2.75, 3.05) is 11.5 Å². The number of hydrogen-bond donors (Lipinski definition) is 3. The van der Waals surface area contributed by atoms with E-state index < -0.39 is 0 Å². The lowest BCUT2D eigenvalue weighted by Crippen LogP contribution is -2.04. The van der Waals surface area contributed by atoms with Gasteiger partial charge in [-0.25, -0.2) is 0 Å². The Morgan fingerprint density at radius 1 is 1.16 bits per heavy atom. The molecule has 0 aliphatic heterocycles. The molecule has 0 fully saturated rings. The first-order valence-corrected chi connectivity index (χ1v) is 6.11. The molecule has 1 aromatic carbocycles. The number of rotatable bonds is 2. The van der Waals surface area contributed by atoms with Crippen LogP contribution in [0.15, 0.2) is 30.3 Å². The molecular weight excluding hydrogens is 260 g/mol. The summed E-state index contributed by atoms with van der Waals surface area (Å²) < 4.78 is 2.40. The molecule has 0 unspecified atom stereocenters. The lowest BCUT2D eigenvalue weighted by atomic mass is 10.2. The molecule has 7 heteroatoms. The van der Waals surface area contributed by atoms with Gasteiger partial charge in [-0.3, -0.25) is 4.57 Å². The van der Waals surface area contributed by atoms with Gasteiger partial charge >= 0.3 is 0 Å². The van der Waals surface area contributed by atoms with Gasteiger partial charge in [0.05, 0.1) is 6.54 Å². The molecule has 3 rings (SSSR count). The van der Waals surface area contributed by atoms with Crippen LogP contribution in [0.3, 0.4) is 0 Å². The summed E-state index contributed by atoms with van der Waals surface area (Å²) in [5.41, 5.74) is 13.8. The molecule has 0 saturated heterocycles. The summed E-state index contributed by atoms with van der Waals surface area (Å²) in [6.45, 7) is 0.607.